The van der Waals surface area contributed by atoms with E-state index in [1.807, 2.05) is 72.8 Å². The smallest absolute Gasteiger partial charge is 0.270 e. The van der Waals surface area contributed by atoms with Crippen LogP contribution in [-0.4, -0.2) is 20.4 Å². The van der Waals surface area contributed by atoms with Gasteiger partial charge in [-0.1, -0.05) is 54.6 Å². The van der Waals surface area contributed by atoms with Gasteiger partial charge in [0.1, 0.15) is 12.3 Å². The van der Waals surface area contributed by atoms with E-state index in [0.29, 0.717) is 23.0 Å². The second kappa shape index (κ2) is 9.19. The number of nitrogens with one attached hydrogen (secondary N) is 2. The number of aromatic amines is 1. The highest BCUT2D eigenvalue weighted by molar-refractivity contribution is 7.71. The Balaban J connectivity index is 1.47. The van der Waals surface area contributed by atoms with Gasteiger partial charge in [-0.2, -0.15) is 0 Å². The molecule has 0 saturated heterocycles. The van der Waals surface area contributed by atoms with E-state index in [1.165, 1.54) is 0 Å². The number of carbonyl (C=O) groups excluding carboxylic acids is 1. The van der Waals surface area contributed by atoms with Crippen molar-refractivity contribution in [2.45, 2.75) is 13.2 Å². The summed E-state index contributed by atoms with van der Waals surface area (Å²) in [6.07, 6.45) is 3.28. The van der Waals surface area contributed by atoms with Crippen LogP contribution in [0.2, 0.25) is 0 Å². The highest BCUT2D eigenvalue weighted by atomic mass is 32.1. The minimum absolute atomic E-state index is 0.246. The molecule has 0 saturated carbocycles. The molecule has 0 spiro atoms. The lowest BCUT2D eigenvalue weighted by atomic mass is 10.2. The van der Waals surface area contributed by atoms with E-state index in [1.54, 1.807) is 17.0 Å². The molecule has 2 aromatic heterocycles. The zero-order valence-electron chi connectivity index (χ0n) is 16.1. The van der Waals surface area contributed by atoms with Gasteiger partial charge in [-0.15, -0.1) is 0 Å². The van der Waals surface area contributed by atoms with Crippen molar-refractivity contribution in [3.05, 3.63) is 107 Å². The first-order chi connectivity index (χ1) is 14.7. The summed E-state index contributed by atoms with van der Waals surface area (Å²) in [5.74, 6) is 0.250. The van der Waals surface area contributed by atoms with Crippen LogP contribution in [0, 0.1) is 4.77 Å². The Labute approximate surface area is 179 Å². The molecule has 2 heterocycles. The Morgan fingerprint density at radius 3 is 2.53 bits per heavy atom. The molecule has 0 aliphatic heterocycles. The van der Waals surface area contributed by atoms with Gasteiger partial charge >= 0.3 is 0 Å². The molecule has 7 heteroatoms. The van der Waals surface area contributed by atoms with Crippen molar-refractivity contribution in [2.75, 3.05) is 0 Å². The fraction of sp³-hybridized carbons (Fsp3) is 0.0870. The van der Waals surface area contributed by atoms with Gasteiger partial charge in [0.25, 0.3) is 5.91 Å². The number of carbonyl (C=O) groups is 1. The van der Waals surface area contributed by atoms with Crippen LogP contribution >= 0.6 is 12.2 Å². The van der Waals surface area contributed by atoms with Gasteiger partial charge in [0, 0.05) is 30.2 Å². The quantitative estimate of drug-likeness (QED) is 0.437. The summed E-state index contributed by atoms with van der Waals surface area (Å²) >= 11 is 5.35. The molecule has 0 aliphatic rings. The summed E-state index contributed by atoms with van der Waals surface area (Å²) in [4.78, 5) is 20.1. The Morgan fingerprint density at radius 2 is 1.77 bits per heavy atom. The van der Waals surface area contributed by atoms with E-state index >= 15 is 0 Å². The molecule has 2 aromatic carbocycles. The number of aromatic nitrogens is 3. The number of nitrogens with zero attached hydrogens (tertiary/aromatic N) is 2. The maximum Gasteiger partial charge on any atom is 0.270 e. The molecule has 0 unspecified atom stereocenters. The first kappa shape index (κ1) is 19.6. The second-order valence-corrected chi connectivity index (χ2v) is 6.96. The average molecular weight is 417 g/mol. The lowest BCUT2D eigenvalue weighted by molar-refractivity contribution is 0.0943. The molecular formula is C23H20N4O2S. The highest BCUT2D eigenvalue weighted by Crippen LogP contribution is 2.17. The van der Waals surface area contributed by atoms with Crippen LogP contribution in [-0.2, 0) is 13.2 Å². The number of amides is 1. The van der Waals surface area contributed by atoms with Crippen LogP contribution in [0.5, 0.6) is 5.88 Å². The number of hydrogen-bond acceptors (Lipinski definition) is 4. The zero-order chi connectivity index (χ0) is 20.8. The number of H-pyrrole nitrogens is 1. The third kappa shape index (κ3) is 4.47. The number of pyridine rings is 1. The minimum atomic E-state index is -0.246. The van der Waals surface area contributed by atoms with Crippen molar-refractivity contribution in [3.8, 4) is 11.6 Å². The van der Waals surface area contributed by atoms with Crippen LogP contribution in [0.4, 0.5) is 0 Å². The summed E-state index contributed by atoms with van der Waals surface area (Å²) in [5.41, 5.74) is 3.10. The van der Waals surface area contributed by atoms with Crippen LogP contribution < -0.4 is 10.1 Å². The number of benzene rings is 2. The Morgan fingerprint density at radius 1 is 1.03 bits per heavy atom. The monoisotopic (exact) mass is 416 g/mol. The lowest BCUT2D eigenvalue weighted by Crippen LogP contribution is -2.25. The molecule has 0 fully saturated rings. The van der Waals surface area contributed by atoms with Gasteiger partial charge in [-0.3, -0.25) is 9.36 Å². The van der Waals surface area contributed by atoms with Crippen molar-refractivity contribution in [2.24, 2.45) is 0 Å². The van der Waals surface area contributed by atoms with Crippen molar-refractivity contribution >= 4 is 18.1 Å². The van der Waals surface area contributed by atoms with Crippen molar-refractivity contribution in [1.29, 1.82) is 0 Å². The fourth-order valence-corrected chi connectivity index (χ4v) is 3.31. The van der Waals surface area contributed by atoms with Gasteiger partial charge in [-0.05, 0) is 36.0 Å². The Bertz CT molecular complexity index is 1190. The second-order valence-electron chi connectivity index (χ2n) is 6.57. The van der Waals surface area contributed by atoms with Gasteiger partial charge in [0.05, 0.1) is 0 Å². The van der Waals surface area contributed by atoms with Crippen molar-refractivity contribution in [1.82, 2.24) is 19.9 Å². The summed E-state index contributed by atoms with van der Waals surface area (Å²) < 4.78 is 8.03. The Kier molecular flexibility index (Phi) is 6.01. The van der Waals surface area contributed by atoms with E-state index in [0.717, 1.165) is 16.8 Å². The topological polar surface area (TPSA) is 71.9 Å². The molecular weight excluding hydrogens is 396 g/mol. The van der Waals surface area contributed by atoms with Gasteiger partial charge in [0.15, 0.2) is 4.77 Å². The number of para-hydroxylation sites is 1. The van der Waals surface area contributed by atoms with E-state index in [9.17, 15) is 4.79 Å². The minimum Gasteiger partial charge on any atom is -0.473 e. The van der Waals surface area contributed by atoms with Crippen LogP contribution in [0.25, 0.3) is 5.69 Å². The zero-order valence-corrected chi connectivity index (χ0v) is 16.9. The van der Waals surface area contributed by atoms with Crippen LogP contribution in [0.1, 0.15) is 21.6 Å². The highest BCUT2D eigenvalue weighted by Gasteiger charge is 2.15. The molecule has 4 rings (SSSR count). The number of hydrogen-bond donors (Lipinski definition) is 2. The van der Waals surface area contributed by atoms with E-state index < -0.39 is 0 Å². The summed E-state index contributed by atoms with van der Waals surface area (Å²) in [7, 11) is 0. The molecule has 30 heavy (non-hydrogen) atoms. The Hall–Kier alpha value is -3.71. The van der Waals surface area contributed by atoms with Crippen LogP contribution in [0.3, 0.4) is 0 Å². The maximum absolute atomic E-state index is 12.9. The SMILES string of the molecule is O=C(NCc1cccnc1OCc1ccccc1)c1c[nH]c(=S)n1-c1ccccc1. The normalized spacial score (nSPS) is 10.5. The number of rotatable bonds is 7. The van der Waals surface area contributed by atoms with Gasteiger partial charge < -0.3 is 15.0 Å². The molecule has 0 atom stereocenters. The average Bonchev–Trinajstić information content (AvgIpc) is 3.19. The molecule has 150 valence electrons. The van der Waals surface area contributed by atoms with Crippen LogP contribution in [0.15, 0.2) is 85.2 Å². The van der Waals surface area contributed by atoms with Crippen molar-refractivity contribution < 1.29 is 9.53 Å². The number of imidazole rings is 1. The summed E-state index contributed by atoms with van der Waals surface area (Å²) in [5, 5.41) is 2.93. The predicted octanol–water partition coefficient (Wildman–Crippen LogP) is 4.44. The maximum atomic E-state index is 12.9. The molecule has 0 aliphatic carbocycles. The summed E-state index contributed by atoms with van der Waals surface area (Å²) in [6.45, 7) is 0.688. The third-order valence-electron chi connectivity index (χ3n) is 4.53. The standard InChI is InChI=1S/C23H20N4O2S/c28-21(20-15-26-23(30)27(20)19-11-5-2-6-12-19)25-14-18-10-7-13-24-22(18)29-16-17-8-3-1-4-9-17/h1-13,15H,14,16H2,(H,25,28)(H,26,30). The van der Waals surface area contributed by atoms with E-state index in [2.05, 4.69) is 15.3 Å². The number of ether oxygens (including phenoxy) is 1. The molecule has 1 amide bonds. The third-order valence-corrected chi connectivity index (χ3v) is 4.83. The molecule has 2 N–H and O–H groups in total. The van der Waals surface area contributed by atoms with Gasteiger partial charge in [-0.25, -0.2) is 4.98 Å². The molecule has 0 bridgehead atoms. The molecule has 6 nitrogen and oxygen atoms in total. The van der Waals surface area contributed by atoms with Gasteiger partial charge in [0.2, 0.25) is 5.88 Å². The van der Waals surface area contributed by atoms with Crippen molar-refractivity contribution in [3.63, 3.8) is 0 Å². The lowest BCUT2D eigenvalue weighted by Gasteiger charge is -2.12. The first-order valence-electron chi connectivity index (χ1n) is 9.47. The molecule has 4 aromatic rings. The summed E-state index contributed by atoms with van der Waals surface area (Å²) in [6, 6.07) is 23.1. The van der Waals surface area contributed by atoms with E-state index in [4.69, 9.17) is 17.0 Å². The predicted molar refractivity (Wildman–Crippen MR) is 117 cm³/mol. The molecule has 0 radical (unpaired) electrons. The van der Waals surface area contributed by atoms with E-state index in [-0.39, 0.29) is 12.5 Å². The first-order valence-corrected chi connectivity index (χ1v) is 9.88. The largest absolute Gasteiger partial charge is 0.473 e. The fourth-order valence-electron chi connectivity index (χ4n) is 3.05.